The second-order valence-corrected chi connectivity index (χ2v) is 10.8. The fourth-order valence-corrected chi connectivity index (χ4v) is 6.88. The minimum atomic E-state index is 1.15. The molecule has 3 aromatic heterocycles. The zero-order chi connectivity index (χ0) is 27.1. The van der Waals surface area contributed by atoms with Gasteiger partial charge in [0.2, 0.25) is 0 Å². The Morgan fingerprint density at radius 3 is 1.68 bits per heavy atom. The molecule has 0 bridgehead atoms. The Morgan fingerprint density at radius 2 is 1.05 bits per heavy atom. The highest BCUT2D eigenvalue weighted by atomic mass is 15.0. The zero-order valence-corrected chi connectivity index (χ0v) is 22.5. The Kier molecular flexibility index (Phi) is 4.49. The predicted molar refractivity (Wildman–Crippen MR) is 173 cm³/mol. The Hall–Kier alpha value is -5.50. The summed E-state index contributed by atoms with van der Waals surface area (Å²) < 4.78 is 7.08. The van der Waals surface area contributed by atoms with E-state index in [1.807, 2.05) is 6.08 Å². The second-order valence-electron chi connectivity index (χ2n) is 10.8. The van der Waals surface area contributed by atoms with Gasteiger partial charge < -0.3 is 13.7 Å². The Balaban J connectivity index is 1.34. The maximum absolute atomic E-state index is 3.33. The summed E-state index contributed by atoms with van der Waals surface area (Å²) >= 11 is 0. The molecule has 0 spiro atoms. The van der Waals surface area contributed by atoms with Crippen LogP contribution in [-0.4, -0.2) is 13.7 Å². The van der Waals surface area contributed by atoms with E-state index >= 15 is 0 Å². The molecule has 3 nitrogen and oxygen atoms in total. The van der Waals surface area contributed by atoms with Gasteiger partial charge in [-0.2, -0.15) is 0 Å². The largest absolute Gasteiger partial charge is 0.344 e. The van der Waals surface area contributed by atoms with Crippen molar-refractivity contribution >= 4 is 66.7 Å². The topological polar surface area (TPSA) is 14.8 Å². The third-order valence-corrected chi connectivity index (χ3v) is 8.70. The predicted octanol–water partition coefficient (Wildman–Crippen LogP) is 9.57. The van der Waals surface area contributed by atoms with Gasteiger partial charge in [-0.05, 0) is 60.7 Å². The first-order valence-electron chi connectivity index (χ1n) is 14.0. The summed E-state index contributed by atoms with van der Waals surface area (Å²) in [6.07, 6.45) is 8.34. The van der Waals surface area contributed by atoms with E-state index in [-0.39, 0.29) is 0 Å². The van der Waals surface area contributed by atoms with Crippen LogP contribution in [0.15, 0.2) is 127 Å². The van der Waals surface area contributed by atoms with Crippen LogP contribution in [0.25, 0.3) is 78.0 Å². The molecular weight excluding hydrogens is 498 g/mol. The number of hydrogen-bond acceptors (Lipinski definition) is 0. The quantitative estimate of drug-likeness (QED) is 0.200. The SMILES string of the molecule is Cn1c2ccc(-n3c4c(c5ccccc53)C=CC=C=C4)cc2c2cc(-n3c4ccccc4c4ccccc43)ccc21. The molecule has 0 unspecified atom stereocenters. The number of para-hydroxylation sites is 3. The minimum Gasteiger partial charge on any atom is -0.344 e. The van der Waals surface area contributed by atoms with Crippen LogP contribution in [0.2, 0.25) is 0 Å². The summed E-state index contributed by atoms with van der Waals surface area (Å²) in [6.45, 7) is 0. The summed E-state index contributed by atoms with van der Waals surface area (Å²) in [5.74, 6) is 0. The molecule has 0 radical (unpaired) electrons. The van der Waals surface area contributed by atoms with Crippen molar-refractivity contribution in [2.45, 2.75) is 0 Å². The number of allylic oxidation sites excluding steroid dienone is 2. The molecule has 1 aliphatic carbocycles. The summed E-state index contributed by atoms with van der Waals surface area (Å²) in [5.41, 5.74) is 14.1. The van der Waals surface area contributed by atoms with E-state index in [2.05, 4.69) is 154 Å². The first-order valence-corrected chi connectivity index (χ1v) is 14.0. The third kappa shape index (κ3) is 3.04. The lowest BCUT2D eigenvalue weighted by molar-refractivity contribution is 1.01. The third-order valence-electron chi connectivity index (χ3n) is 8.70. The molecule has 0 atom stereocenters. The molecule has 9 rings (SSSR count). The van der Waals surface area contributed by atoms with Crippen LogP contribution in [0.1, 0.15) is 11.3 Å². The lowest BCUT2D eigenvalue weighted by Gasteiger charge is -2.10. The average molecular weight is 524 g/mol. The fraction of sp³-hybridized carbons (Fsp3) is 0.0263. The molecular formula is C38H25N3. The maximum Gasteiger partial charge on any atom is 0.0618 e. The van der Waals surface area contributed by atoms with E-state index in [1.54, 1.807) is 0 Å². The number of aryl methyl sites for hydroxylation is 1. The number of hydrogen-bond donors (Lipinski definition) is 0. The van der Waals surface area contributed by atoms with Gasteiger partial charge >= 0.3 is 0 Å². The fourth-order valence-electron chi connectivity index (χ4n) is 6.88. The number of benzene rings is 5. The summed E-state index contributed by atoms with van der Waals surface area (Å²) in [6, 6.07) is 39.8. The number of fused-ring (bicyclic) bond motifs is 9. The van der Waals surface area contributed by atoms with Crippen molar-refractivity contribution in [1.29, 1.82) is 0 Å². The molecule has 41 heavy (non-hydrogen) atoms. The lowest BCUT2D eigenvalue weighted by atomic mass is 10.1. The van der Waals surface area contributed by atoms with Gasteiger partial charge in [-0.3, -0.25) is 0 Å². The Morgan fingerprint density at radius 1 is 0.512 bits per heavy atom. The molecule has 0 saturated carbocycles. The Labute approximate surface area is 236 Å². The summed E-state index contributed by atoms with van der Waals surface area (Å²) in [7, 11) is 2.17. The first-order chi connectivity index (χ1) is 20.3. The van der Waals surface area contributed by atoms with Crippen LogP contribution >= 0.6 is 0 Å². The van der Waals surface area contributed by atoms with Gasteiger partial charge in [0.15, 0.2) is 0 Å². The van der Waals surface area contributed by atoms with Crippen molar-refractivity contribution < 1.29 is 0 Å². The highest BCUT2D eigenvalue weighted by molar-refractivity contribution is 6.12. The zero-order valence-electron chi connectivity index (χ0n) is 22.5. The standard InChI is InChI=1S/C38H25N3/c1-39-33-21-19-25(40-35-15-4-2-3-11-27(35)28-12-5-8-16-36(28)40)23-31(33)32-24-26(20-22-34(32)39)41-37-17-9-6-13-29(37)30-14-7-10-18-38(30)41/h2-3,5-24H,1H3. The van der Waals surface area contributed by atoms with Gasteiger partial charge in [-0.1, -0.05) is 66.7 Å². The number of aromatic nitrogens is 3. The molecule has 3 heteroatoms. The molecule has 3 heterocycles. The van der Waals surface area contributed by atoms with Crippen LogP contribution in [0.5, 0.6) is 0 Å². The van der Waals surface area contributed by atoms with Crippen LogP contribution in [0.4, 0.5) is 0 Å². The average Bonchev–Trinajstić information content (AvgIpc) is 3.53. The summed E-state index contributed by atoms with van der Waals surface area (Å²) in [4.78, 5) is 0. The molecule has 0 amide bonds. The van der Waals surface area contributed by atoms with Gasteiger partial charge in [-0.25, -0.2) is 0 Å². The smallest absolute Gasteiger partial charge is 0.0618 e. The van der Waals surface area contributed by atoms with Gasteiger partial charge in [0.25, 0.3) is 0 Å². The molecule has 0 fully saturated rings. The second kappa shape index (κ2) is 8.25. The van der Waals surface area contributed by atoms with Crippen molar-refractivity contribution in [3.05, 3.63) is 138 Å². The molecule has 0 aliphatic heterocycles. The normalized spacial score (nSPS) is 12.8. The van der Waals surface area contributed by atoms with Crippen LogP contribution in [0.3, 0.4) is 0 Å². The van der Waals surface area contributed by atoms with E-state index in [0.29, 0.717) is 0 Å². The van der Waals surface area contributed by atoms with Crippen LogP contribution in [0, 0.1) is 0 Å². The Bertz CT molecular complexity index is 2410. The summed E-state index contributed by atoms with van der Waals surface area (Å²) in [5, 5.41) is 6.30. The van der Waals surface area contributed by atoms with E-state index in [4.69, 9.17) is 0 Å². The van der Waals surface area contributed by atoms with E-state index in [0.717, 1.165) is 11.4 Å². The van der Waals surface area contributed by atoms with E-state index in [9.17, 15) is 0 Å². The van der Waals surface area contributed by atoms with Gasteiger partial charge in [-0.15, -0.1) is 5.73 Å². The maximum atomic E-state index is 3.33. The van der Waals surface area contributed by atoms with Crippen molar-refractivity contribution in [3.63, 3.8) is 0 Å². The van der Waals surface area contributed by atoms with E-state index in [1.165, 1.54) is 65.8 Å². The molecule has 1 aliphatic rings. The molecule has 8 aromatic rings. The monoisotopic (exact) mass is 523 g/mol. The number of rotatable bonds is 2. The van der Waals surface area contributed by atoms with Gasteiger partial charge in [0.05, 0.1) is 22.2 Å². The highest BCUT2D eigenvalue weighted by Gasteiger charge is 2.18. The molecule has 0 N–H and O–H groups in total. The van der Waals surface area contributed by atoms with Crippen molar-refractivity contribution in [2.75, 3.05) is 0 Å². The lowest BCUT2D eigenvalue weighted by Crippen LogP contribution is -1.97. The van der Waals surface area contributed by atoms with Gasteiger partial charge in [0.1, 0.15) is 0 Å². The molecule has 0 saturated heterocycles. The molecule has 192 valence electrons. The van der Waals surface area contributed by atoms with Gasteiger partial charge in [0, 0.05) is 68.0 Å². The first kappa shape index (κ1) is 22.3. The minimum absolute atomic E-state index is 1.15. The van der Waals surface area contributed by atoms with E-state index < -0.39 is 0 Å². The van der Waals surface area contributed by atoms with Crippen molar-refractivity contribution in [3.8, 4) is 11.4 Å². The van der Waals surface area contributed by atoms with Crippen LogP contribution in [-0.2, 0) is 7.05 Å². The van der Waals surface area contributed by atoms with Crippen LogP contribution < -0.4 is 0 Å². The highest BCUT2D eigenvalue weighted by Crippen LogP contribution is 2.37. The molecule has 5 aromatic carbocycles. The van der Waals surface area contributed by atoms with Crippen molar-refractivity contribution in [1.82, 2.24) is 13.7 Å². The van der Waals surface area contributed by atoms with Crippen molar-refractivity contribution in [2.24, 2.45) is 7.05 Å². The number of nitrogens with zero attached hydrogens (tertiary/aromatic N) is 3.